The van der Waals surface area contributed by atoms with E-state index >= 15 is 0 Å². The van der Waals surface area contributed by atoms with Crippen molar-refractivity contribution in [1.29, 1.82) is 0 Å². The molecule has 0 aliphatic carbocycles. The Morgan fingerprint density at radius 3 is 1.49 bits per heavy atom. The second kappa shape index (κ2) is 18.0. The molecule has 2 rings (SSSR count). The molecule has 0 aliphatic rings. The highest BCUT2D eigenvalue weighted by atomic mass is 32.2. The van der Waals surface area contributed by atoms with E-state index in [1.165, 1.54) is 26.5 Å². The van der Waals surface area contributed by atoms with Crippen molar-refractivity contribution < 1.29 is 14.7 Å². The minimum absolute atomic E-state index is 0.0368. The molecular formula is C40H66O3S2. The highest BCUT2D eigenvalue weighted by molar-refractivity contribution is 8.18. The number of aryl methyl sites for hydroxylation is 1. The molecule has 45 heavy (non-hydrogen) atoms. The third-order valence-electron chi connectivity index (χ3n) is 6.84. The van der Waals surface area contributed by atoms with Gasteiger partial charge in [-0.3, -0.25) is 9.59 Å². The van der Waals surface area contributed by atoms with Gasteiger partial charge in [0.25, 0.3) is 0 Å². The van der Waals surface area contributed by atoms with E-state index in [2.05, 4.69) is 134 Å². The number of carboxylic acid groups (broad SMARTS) is 1. The lowest BCUT2D eigenvalue weighted by Gasteiger charge is -2.30. The Bertz CT molecular complexity index is 1200. The minimum Gasteiger partial charge on any atom is -0.481 e. The van der Waals surface area contributed by atoms with Gasteiger partial charge in [-0.25, -0.2) is 0 Å². The number of carboxylic acids is 1. The lowest BCUT2D eigenvalue weighted by molar-refractivity contribution is -0.137. The number of thioether (sulfide) groups is 2. The van der Waals surface area contributed by atoms with Gasteiger partial charge in [-0.05, 0) is 101 Å². The van der Waals surface area contributed by atoms with Crippen molar-refractivity contribution in [2.45, 2.75) is 174 Å². The molecule has 0 spiro atoms. The van der Waals surface area contributed by atoms with Crippen LogP contribution in [-0.4, -0.2) is 20.9 Å². The Morgan fingerprint density at radius 2 is 1.11 bits per heavy atom. The number of aliphatic carboxylic acids is 1. The molecule has 2 aromatic rings. The van der Waals surface area contributed by atoms with Crippen LogP contribution in [0, 0.1) is 12.8 Å². The zero-order chi connectivity index (χ0) is 35.6. The fourth-order valence-electron chi connectivity index (χ4n) is 4.58. The Labute approximate surface area is 286 Å². The van der Waals surface area contributed by atoms with Crippen molar-refractivity contribution in [2.24, 2.45) is 5.92 Å². The smallest absolute Gasteiger partial charge is 0.303 e. The van der Waals surface area contributed by atoms with Crippen LogP contribution in [0.3, 0.4) is 0 Å². The largest absolute Gasteiger partial charge is 0.481 e. The molecule has 256 valence electrons. The average molecular weight is 659 g/mol. The van der Waals surface area contributed by atoms with E-state index in [0.717, 1.165) is 17.0 Å². The van der Waals surface area contributed by atoms with Gasteiger partial charge in [0.05, 0.1) is 4.08 Å². The van der Waals surface area contributed by atoms with Crippen LogP contribution in [0.15, 0.2) is 40.1 Å². The molecule has 0 heterocycles. The fraction of sp³-hybridized carbons (Fsp3) is 0.650. The van der Waals surface area contributed by atoms with E-state index in [1.54, 1.807) is 0 Å². The van der Waals surface area contributed by atoms with E-state index in [0.29, 0.717) is 19.3 Å². The molecule has 0 saturated heterocycles. The SMILES string of the molecule is CC.CC(C)C.Cc1cc(SC(C)(C)Sc2cc(C(C)(C)C)cc(C(C)(C)C)c2)cc(C(C)(C)C)c1CC(=O)CCCC(=O)O. The first-order chi connectivity index (χ1) is 20.3. The topological polar surface area (TPSA) is 54.4 Å². The molecule has 0 bridgehead atoms. The van der Waals surface area contributed by atoms with Gasteiger partial charge in [0, 0.05) is 29.1 Å². The van der Waals surface area contributed by atoms with Crippen LogP contribution in [0.1, 0.15) is 158 Å². The van der Waals surface area contributed by atoms with E-state index in [-0.39, 0.29) is 32.5 Å². The van der Waals surface area contributed by atoms with Crippen LogP contribution in [-0.2, 0) is 32.3 Å². The third-order valence-corrected chi connectivity index (χ3v) is 9.27. The van der Waals surface area contributed by atoms with E-state index in [4.69, 9.17) is 5.11 Å². The normalized spacial score (nSPS) is 12.2. The third kappa shape index (κ3) is 16.6. The maximum atomic E-state index is 12.7. The highest BCUT2D eigenvalue weighted by Gasteiger charge is 2.28. The molecule has 0 atom stereocenters. The molecule has 3 nitrogen and oxygen atoms in total. The summed E-state index contributed by atoms with van der Waals surface area (Å²) in [6.45, 7) is 37.4. The van der Waals surface area contributed by atoms with Crippen molar-refractivity contribution in [3.63, 3.8) is 0 Å². The lowest BCUT2D eigenvalue weighted by Crippen LogP contribution is -2.19. The van der Waals surface area contributed by atoms with Crippen molar-refractivity contribution >= 4 is 35.3 Å². The summed E-state index contributed by atoms with van der Waals surface area (Å²) in [7, 11) is 0. The van der Waals surface area contributed by atoms with Crippen LogP contribution < -0.4 is 0 Å². The summed E-state index contributed by atoms with van der Waals surface area (Å²) in [6.07, 6.45) is 1.09. The molecule has 0 aromatic heterocycles. The second-order valence-electron chi connectivity index (χ2n) is 16.1. The van der Waals surface area contributed by atoms with Crippen LogP contribution in [0.4, 0.5) is 0 Å². The van der Waals surface area contributed by atoms with Gasteiger partial charge >= 0.3 is 5.97 Å². The number of ketones is 1. The summed E-state index contributed by atoms with van der Waals surface area (Å²) < 4.78 is -0.110. The minimum atomic E-state index is -0.851. The van der Waals surface area contributed by atoms with Gasteiger partial charge in [0.1, 0.15) is 5.78 Å². The number of Topliss-reactive ketones (excluding diaryl/α,β-unsaturated/α-hetero) is 1. The second-order valence-corrected chi connectivity index (χ2v) is 19.7. The van der Waals surface area contributed by atoms with Crippen LogP contribution in [0.5, 0.6) is 0 Å². The lowest BCUT2D eigenvalue weighted by atomic mass is 9.80. The van der Waals surface area contributed by atoms with Crippen molar-refractivity contribution in [2.75, 3.05) is 0 Å². The summed E-state index contributed by atoms with van der Waals surface area (Å²) in [5, 5.41) is 8.91. The number of carbonyl (C=O) groups excluding carboxylic acids is 1. The fourth-order valence-corrected chi connectivity index (χ4v) is 7.25. The van der Waals surface area contributed by atoms with Gasteiger partial charge < -0.3 is 5.11 Å². The monoisotopic (exact) mass is 658 g/mol. The van der Waals surface area contributed by atoms with E-state index in [1.807, 2.05) is 37.4 Å². The maximum Gasteiger partial charge on any atom is 0.303 e. The molecular weight excluding hydrogens is 593 g/mol. The first kappa shape index (κ1) is 43.3. The summed E-state index contributed by atoms with van der Waals surface area (Å²) in [6, 6.07) is 11.6. The first-order valence-electron chi connectivity index (χ1n) is 16.7. The summed E-state index contributed by atoms with van der Waals surface area (Å²) >= 11 is 3.78. The Morgan fingerprint density at radius 1 is 0.689 bits per heavy atom. The Balaban J connectivity index is 0.00000298. The van der Waals surface area contributed by atoms with E-state index in [9.17, 15) is 9.59 Å². The molecule has 0 aliphatic heterocycles. The predicted octanol–water partition coefficient (Wildman–Crippen LogP) is 12.6. The maximum absolute atomic E-state index is 12.7. The summed E-state index contributed by atoms with van der Waals surface area (Å²) in [5.74, 6) is 0.0884. The van der Waals surface area contributed by atoms with Crippen molar-refractivity contribution in [3.05, 3.63) is 58.1 Å². The highest BCUT2D eigenvalue weighted by Crippen LogP contribution is 2.47. The molecule has 5 heteroatoms. The summed E-state index contributed by atoms with van der Waals surface area (Å²) in [5.41, 5.74) is 6.18. The first-order valence-corrected chi connectivity index (χ1v) is 18.4. The van der Waals surface area contributed by atoms with Crippen molar-refractivity contribution in [1.82, 2.24) is 0 Å². The van der Waals surface area contributed by atoms with E-state index < -0.39 is 5.97 Å². The van der Waals surface area contributed by atoms with Gasteiger partial charge in [-0.1, -0.05) is 103 Å². The zero-order valence-corrected chi connectivity index (χ0v) is 33.5. The molecule has 0 amide bonds. The number of hydrogen-bond acceptors (Lipinski definition) is 4. The molecule has 0 unspecified atom stereocenters. The average Bonchev–Trinajstić information content (AvgIpc) is 2.83. The molecule has 2 aromatic carbocycles. The molecule has 0 fully saturated rings. The standard InChI is InChI=1S/C34H50O3S2.C4H10.C2H6/c1-22-16-26(21-29(33(8,9)10)28(22)20-25(35)14-13-15-30(36)37)38-34(11,12)39-27-18-23(31(2,3)4)17-24(19-27)32(5,6)7;1-4(2)3;1-2/h16-19,21H,13-15,20H2,1-12H3,(H,36,37);4H,1-3H3;1-2H3. The molecule has 0 saturated carbocycles. The Kier molecular flexibility index (Phi) is 17.3. The number of hydrogen-bond donors (Lipinski definition) is 1. The number of benzene rings is 2. The van der Waals surface area contributed by atoms with Gasteiger partial charge in [-0.2, -0.15) is 0 Å². The predicted molar refractivity (Wildman–Crippen MR) is 202 cm³/mol. The molecule has 0 radical (unpaired) electrons. The van der Waals surface area contributed by atoms with Crippen molar-refractivity contribution in [3.8, 4) is 0 Å². The Hall–Kier alpha value is -1.72. The van der Waals surface area contributed by atoms with Crippen LogP contribution in [0.2, 0.25) is 0 Å². The molecule has 1 N–H and O–H groups in total. The van der Waals surface area contributed by atoms with Crippen LogP contribution >= 0.6 is 23.5 Å². The number of carbonyl (C=O) groups is 2. The van der Waals surface area contributed by atoms with Gasteiger partial charge in [-0.15, -0.1) is 23.5 Å². The summed E-state index contributed by atoms with van der Waals surface area (Å²) in [4.78, 5) is 26.1. The van der Waals surface area contributed by atoms with Gasteiger partial charge in [0.2, 0.25) is 0 Å². The number of rotatable bonds is 10. The van der Waals surface area contributed by atoms with Crippen LogP contribution in [0.25, 0.3) is 0 Å². The van der Waals surface area contributed by atoms with Gasteiger partial charge in [0.15, 0.2) is 0 Å². The zero-order valence-electron chi connectivity index (χ0n) is 31.9. The quantitative estimate of drug-likeness (QED) is 0.203.